The van der Waals surface area contributed by atoms with Crippen molar-refractivity contribution in [2.45, 2.75) is 12.5 Å². The van der Waals surface area contributed by atoms with Gasteiger partial charge in [0.15, 0.2) is 0 Å². The van der Waals surface area contributed by atoms with Gasteiger partial charge in [-0.15, -0.1) is 0 Å². The van der Waals surface area contributed by atoms with Crippen LogP contribution in [0.2, 0.25) is 0 Å². The molecule has 1 atom stereocenters. The normalized spacial score (nSPS) is 18.3. The fourth-order valence-electron chi connectivity index (χ4n) is 1.96. The predicted molar refractivity (Wildman–Crippen MR) is 74.4 cm³/mol. The largest absolute Gasteiger partial charge is 0.480 e. The molecule has 2 amide bonds. The number of nitrogens with zero attached hydrogens (tertiary/aromatic N) is 2. The van der Waals surface area contributed by atoms with Crippen LogP contribution in [0.4, 0.5) is 4.79 Å². The molecular formula is C11H21N3O6S. The van der Waals surface area contributed by atoms with Gasteiger partial charge in [-0.3, -0.25) is 0 Å². The molecule has 122 valence electrons. The van der Waals surface area contributed by atoms with Gasteiger partial charge in [0.05, 0.1) is 6.26 Å². The van der Waals surface area contributed by atoms with Gasteiger partial charge in [0, 0.05) is 46.3 Å². The number of amides is 2. The second-order valence-electron chi connectivity index (χ2n) is 4.77. The van der Waals surface area contributed by atoms with Crippen LogP contribution in [0.3, 0.4) is 0 Å². The summed E-state index contributed by atoms with van der Waals surface area (Å²) in [6.07, 6.45) is 1.29. The summed E-state index contributed by atoms with van der Waals surface area (Å²) in [6.45, 7) is 1.11. The molecule has 1 fully saturated rings. The highest BCUT2D eigenvalue weighted by Crippen LogP contribution is 2.06. The average molecular weight is 323 g/mol. The third-order valence-electron chi connectivity index (χ3n) is 3.20. The number of hydrogen-bond donors (Lipinski definition) is 2. The molecule has 1 heterocycles. The van der Waals surface area contributed by atoms with Crippen LogP contribution in [0.1, 0.15) is 6.42 Å². The van der Waals surface area contributed by atoms with Gasteiger partial charge in [-0.2, -0.15) is 4.31 Å². The van der Waals surface area contributed by atoms with Crippen LogP contribution in [0.15, 0.2) is 0 Å². The maximum Gasteiger partial charge on any atom is 0.326 e. The van der Waals surface area contributed by atoms with Crippen molar-refractivity contribution < 1.29 is 27.9 Å². The van der Waals surface area contributed by atoms with Crippen LogP contribution in [0.25, 0.3) is 0 Å². The monoisotopic (exact) mass is 323 g/mol. The molecule has 0 bridgehead atoms. The molecule has 0 radical (unpaired) electrons. The molecule has 0 aromatic carbocycles. The summed E-state index contributed by atoms with van der Waals surface area (Å²) >= 11 is 0. The lowest BCUT2D eigenvalue weighted by atomic mass is 10.2. The standard InChI is InChI=1S/C11H21N3O6S/c1-20-8-3-9(10(15)16)12-11(17)13-4-6-14(7-5-13)21(2,18)19/h9H,3-8H2,1-2H3,(H,12,17)(H,15,16). The van der Waals surface area contributed by atoms with E-state index < -0.39 is 28.1 Å². The Bertz CT molecular complexity index is 472. The Morgan fingerprint density at radius 3 is 2.29 bits per heavy atom. The molecule has 1 aliphatic rings. The minimum absolute atomic E-state index is 0.168. The zero-order chi connectivity index (χ0) is 16.0. The first-order valence-corrected chi connectivity index (χ1v) is 8.33. The number of aliphatic carboxylic acids is 1. The van der Waals surface area contributed by atoms with Crippen molar-refractivity contribution in [3.8, 4) is 0 Å². The summed E-state index contributed by atoms with van der Waals surface area (Å²) in [5, 5.41) is 11.4. The SMILES string of the molecule is COCCC(NC(=O)N1CCN(S(C)(=O)=O)CC1)C(=O)O. The molecule has 1 aliphatic heterocycles. The molecule has 0 aromatic rings. The minimum Gasteiger partial charge on any atom is -0.480 e. The van der Waals surface area contributed by atoms with E-state index >= 15 is 0 Å². The topological polar surface area (TPSA) is 116 Å². The molecule has 9 nitrogen and oxygen atoms in total. The van der Waals surface area contributed by atoms with E-state index in [4.69, 9.17) is 9.84 Å². The Morgan fingerprint density at radius 1 is 1.29 bits per heavy atom. The van der Waals surface area contributed by atoms with Crippen molar-refractivity contribution in [2.75, 3.05) is 46.2 Å². The van der Waals surface area contributed by atoms with Crippen molar-refractivity contribution in [1.82, 2.24) is 14.5 Å². The quantitative estimate of drug-likeness (QED) is 0.632. The number of piperazine rings is 1. The molecule has 0 aromatic heterocycles. The van der Waals surface area contributed by atoms with Gasteiger partial charge in [-0.05, 0) is 0 Å². The summed E-state index contributed by atoms with van der Waals surface area (Å²) in [5.74, 6) is -1.13. The predicted octanol–water partition coefficient (Wildman–Crippen LogP) is -1.24. The first-order valence-electron chi connectivity index (χ1n) is 6.48. The van der Waals surface area contributed by atoms with Crippen LogP contribution in [-0.2, 0) is 19.6 Å². The van der Waals surface area contributed by atoms with Gasteiger partial charge in [0.1, 0.15) is 6.04 Å². The van der Waals surface area contributed by atoms with Crippen LogP contribution >= 0.6 is 0 Å². The lowest BCUT2D eigenvalue weighted by Crippen LogP contribution is -2.55. The number of nitrogens with one attached hydrogen (secondary N) is 1. The molecule has 1 rings (SSSR count). The minimum atomic E-state index is -3.26. The van der Waals surface area contributed by atoms with Gasteiger partial charge >= 0.3 is 12.0 Å². The number of hydrogen-bond acceptors (Lipinski definition) is 5. The maximum absolute atomic E-state index is 12.0. The number of carbonyl (C=O) groups is 2. The van der Waals surface area contributed by atoms with Crippen molar-refractivity contribution >= 4 is 22.0 Å². The van der Waals surface area contributed by atoms with Gasteiger partial charge in [-0.1, -0.05) is 0 Å². The molecule has 2 N–H and O–H groups in total. The van der Waals surface area contributed by atoms with Gasteiger partial charge in [-0.25, -0.2) is 18.0 Å². The van der Waals surface area contributed by atoms with Gasteiger partial charge in [0.25, 0.3) is 0 Å². The lowest BCUT2D eigenvalue weighted by molar-refractivity contribution is -0.139. The van der Waals surface area contributed by atoms with Crippen molar-refractivity contribution in [3.63, 3.8) is 0 Å². The van der Waals surface area contributed by atoms with Gasteiger partial charge in [0.2, 0.25) is 10.0 Å². The maximum atomic E-state index is 12.0. The number of ether oxygens (including phenoxy) is 1. The fraction of sp³-hybridized carbons (Fsp3) is 0.818. The number of carboxylic acids is 1. The second-order valence-corrected chi connectivity index (χ2v) is 6.75. The number of sulfonamides is 1. The molecular weight excluding hydrogens is 302 g/mol. The average Bonchev–Trinajstić information content (AvgIpc) is 2.42. The zero-order valence-electron chi connectivity index (χ0n) is 12.1. The Kier molecular flexibility index (Phi) is 6.37. The summed E-state index contributed by atoms with van der Waals surface area (Å²) in [7, 11) is -1.81. The molecule has 0 saturated carbocycles. The molecule has 0 spiro atoms. The fourth-order valence-corrected chi connectivity index (χ4v) is 2.78. The van der Waals surface area contributed by atoms with Gasteiger partial charge < -0.3 is 20.1 Å². The van der Waals surface area contributed by atoms with E-state index in [-0.39, 0.29) is 39.2 Å². The van der Waals surface area contributed by atoms with E-state index in [1.165, 1.54) is 16.3 Å². The van der Waals surface area contributed by atoms with Crippen LogP contribution in [-0.4, -0.2) is 86.9 Å². The first kappa shape index (κ1) is 17.7. The Labute approximate surface area is 123 Å². The third kappa shape index (κ3) is 5.48. The van der Waals surface area contributed by atoms with Crippen LogP contribution in [0.5, 0.6) is 0 Å². The van der Waals surface area contributed by atoms with E-state index in [0.29, 0.717) is 0 Å². The number of rotatable bonds is 6. The second kappa shape index (κ2) is 7.57. The van der Waals surface area contributed by atoms with Crippen molar-refractivity contribution in [2.24, 2.45) is 0 Å². The Balaban J connectivity index is 2.51. The molecule has 1 saturated heterocycles. The molecule has 21 heavy (non-hydrogen) atoms. The van der Waals surface area contributed by atoms with Crippen LogP contribution in [0, 0.1) is 0 Å². The number of carbonyl (C=O) groups excluding carboxylic acids is 1. The summed E-state index contributed by atoms with van der Waals surface area (Å²) in [6, 6.07) is -1.53. The van der Waals surface area contributed by atoms with E-state index in [9.17, 15) is 18.0 Å². The van der Waals surface area contributed by atoms with Crippen LogP contribution < -0.4 is 5.32 Å². The highest BCUT2D eigenvalue weighted by molar-refractivity contribution is 7.88. The third-order valence-corrected chi connectivity index (χ3v) is 4.50. The van der Waals surface area contributed by atoms with E-state index in [1.807, 2.05) is 0 Å². The highest BCUT2D eigenvalue weighted by Gasteiger charge is 2.28. The van der Waals surface area contributed by atoms with Crippen molar-refractivity contribution in [1.29, 1.82) is 0 Å². The molecule has 1 unspecified atom stereocenters. The summed E-state index contributed by atoms with van der Waals surface area (Å²) in [4.78, 5) is 24.4. The van der Waals surface area contributed by atoms with E-state index in [1.54, 1.807) is 0 Å². The highest BCUT2D eigenvalue weighted by atomic mass is 32.2. The summed E-state index contributed by atoms with van der Waals surface area (Å²) in [5.41, 5.74) is 0. The molecule has 0 aliphatic carbocycles. The molecule has 10 heteroatoms. The Hall–Kier alpha value is -1.39. The number of carboxylic acid groups (broad SMARTS) is 1. The number of methoxy groups -OCH3 is 1. The Morgan fingerprint density at radius 2 is 1.86 bits per heavy atom. The summed E-state index contributed by atoms with van der Waals surface area (Å²) < 4.78 is 28.8. The van der Waals surface area contributed by atoms with E-state index in [2.05, 4.69) is 5.32 Å². The van der Waals surface area contributed by atoms with Crippen molar-refractivity contribution in [3.05, 3.63) is 0 Å². The van der Waals surface area contributed by atoms with E-state index in [0.717, 1.165) is 6.26 Å². The zero-order valence-corrected chi connectivity index (χ0v) is 12.9. The first-order chi connectivity index (χ1) is 9.75. The smallest absolute Gasteiger partial charge is 0.326 e. The number of urea groups is 1. The lowest BCUT2D eigenvalue weighted by Gasteiger charge is -2.33.